The zero-order valence-corrected chi connectivity index (χ0v) is 15.8. The Kier molecular flexibility index (Phi) is 5.89. The molecule has 0 spiro atoms. The van der Waals surface area contributed by atoms with E-state index in [2.05, 4.69) is 17.1 Å². The van der Waals surface area contributed by atoms with Crippen molar-refractivity contribution in [2.24, 2.45) is 5.73 Å². The summed E-state index contributed by atoms with van der Waals surface area (Å²) in [7, 11) is 0. The van der Waals surface area contributed by atoms with Crippen molar-refractivity contribution in [3.63, 3.8) is 0 Å². The number of nitrogens with two attached hydrogens (primary N) is 1. The quantitative estimate of drug-likeness (QED) is 0.510. The molecule has 0 aliphatic rings. The van der Waals surface area contributed by atoms with E-state index < -0.39 is 0 Å². The average molecular weight is 377 g/mol. The summed E-state index contributed by atoms with van der Waals surface area (Å²) in [5.74, 6) is 0.873. The molecule has 0 amide bonds. The molecule has 0 fully saturated rings. The number of halogens is 2. The maximum absolute atomic E-state index is 6.45. The first-order chi connectivity index (χ1) is 12.1. The van der Waals surface area contributed by atoms with Crippen molar-refractivity contribution in [3.8, 4) is 17.0 Å². The maximum Gasteiger partial charge on any atom is 0.120 e. The number of benzene rings is 2. The molecule has 3 N–H and O–H groups in total. The van der Waals surface area contributed by atoms with Crippen molar-refractivity contribution in [2.45, 2.75) is 26.2 Å². The van der Waals surface area contributed by atoms with Crippen LogP contribution >= 0.6 is 23.2 Å². The summed E-state index contributed by atoms with van der Waals surface area (Å²) in [6.45, 7) is 3.33. The molecular weight excluding hydrogens is 355 g/mol. The van der Waals surface area contributed by atoms with Gasteiger partial charge in [0.15, 0.2) is 0 Å². The standard InChI is InChI=1S/C20H22Cl2N2O/c1-2-25-14-7-9-19-16(12-14)15(5-3-4-10-23)20(24-19)17-11-13(21)6-8-18(17)22/h6-9,11-12,24H,2-5,10,23H2,1H3. The molecular formula is C20H22Cl2N2O. The van der Waals surface area contributed by atoms with Crippen LogP contribution in [0.3, 0.4) is 0 Å². The summed E-state index contributed by atoms with van der Waals surface area (Å²) < 4.78 is 5.67. The van der Waals surface area contributed by atoms with Crippen molar-refractivity contribution < 1.29 is 4.74 Å². The number of ether oxygens (including phenoxy) is 1. The van der Waals surface area contributed by atoms with Gasteiger partial charge in [-0.05, 0) is 74.7 Å². The lowest BCUT2D eigenvalue weighted by molar-refractivity contribution is 0.340. The number of nitrogens with one attached hydrogen (secondary N) is 1. The number of H-pyrrole nitrogens is 1. The number of hydrogen-bond donors (Lipinski definition) is 2. The van der Waals surface area contributed by atoms with Crippen molar-refractivity contribution in [1.82, 2.24) is 4.98 Å². The first-order valence-electron chi connectivity index (χ1n) is 8.57. The third-order valence-electron chi connectivity index (χ3n) is 4.27. The smallest absolute Gasteiger partial charge is 0.120 e. The van der Waals surface area contributed by atoms with Gasteiger partial charge in [-0.3, -0.25) is 0 Å². The minimum atomic E-state index is 0.644. The van der Waals surface area contributed by atoms with Gasteiger partial charge in [-0.25, -0.2) is 0 Å². The molecule has 5 heteroatoms. The Labute approximate surface area is 158 Å². The fourth-order valence-corrected chi connectivity index (χ4v) is 3.49. The van der Waals surface area contributed by atoms with Gasteiger partial charge in [-0.1, -0.05) is 23.2 Å². The van der Waals surface area contributed by atoms with Crippen LogP contribution < -0.4 is 10.5 Å². The predicted octanol–water partition coefficient (Wildman–Crippen LogP) is 5.82. The average Bonchev–Trinajstić information content (AvgIpc) is 2.96. The number of hydrogen-bond acceptors (Lipinski definition) is 2. The second kappa shape index (κ2) is 8.13. The van der Waals surface area contributed by atoms with E-state index in [1.807, 2.05) is 25.1 Å². The van der Waals surface area contributed by atoms with Crippen LogP contribution in [0.2, 0.25) is 10.0 Å². The van der Waals surface area contributed by atoms with Crippen molar-refractivity contribution >= 4 is 34.1 Å². The monoisotopic (exact) mass is 376 g/mol. The zero-order chi connectivity index (χ0) is 17.8. The van der Waals surface area contributed by atoms with Crippen molar-refractivity contribution in [3.05, 3.63) is 52.0 Å². The number of aromatic amines is 1. The highest BCUT2D eigenvalue weighted by molar-refractivity contribution is 6.35. The summed E-state index contributed by atoms with van der Waals surface area (Å²) in [6, 6.07) is 11.7. The summed E-state index contributed by atoms with van der Waals surface area (Å²) >= 11 is 12.7. The van der Waals surface area contributed by atoms with E-state index in [1.54, 1.807) is 6.07 Å². The van der Waals surface area contributed by atoms with Gasteiger partial charge in [-0.15, -0.1) is 0 Å². The first kappa shape index (κ1) is 18.1. The molecule has 132 valence electrons. The molecule has 3 aromatic rings. The highest BCUT2D eigenvalue weighted by atomic mass is 35.5. The second-order valence-corrected chi connectivity index (χ2v) is 6.83. The lowest BCUT2D eigenvalue weighted by Crippen LogP contribution is -1.99. The molecule has 0 unspecified atom stereocenters. The van der Waals surface area contributed by atoms with Gasteiger partial charge in [-0.2, -0.15) is 0 Å². The Hall–Kier alpha value is -1.68. The van der Waals surface area contributed by atoms with Gasteiger partial charge >= 0.3 is 0 Å². The molecule has 0 atom stereocenters. The summed E-state index contributed by atoms with van der Waals surface area (Å²) in [5, 5.41) is 2.51. The molecule has 0 aliphatic carbocycles. The van der Waals surface area contributed by atoms with Gasteiger partial charge in [0.25, 0.3) is 0 Å². The van der Waals surface area contributed by atoms with E-state index in [1.165, 1.54) is 5.56 Å². The number of rotatable bonds is 7. The molecule has 2 aromatic carbocycles. The molecule has 0 saturated heterocycles. The van der Waals surface area contributed by atoms with Crippen LogP contribution in [0.5, 0.6) is 5.75 Å². The highest BCUT2D eigenvalue weighted by Crippen LogP contribution is 2.37. The molecule has 1 heterocycles. The van der Waals surface area contributed by atoms with Gasteiger partial charge < -0.3 is 15.5 Å². The lowest BCUT2D eigenvalue weighted by Gasteiger charge is -2.08. The number of aryl methyl sites for hydroxylation is 1. The SMILES string of the molecule is CCOc1ccc2[nH]c(-c3cc(Cl)ccc3Cl)c(CCCCN)c2c1. The topological polar surface area (TPSA) is 51.0 Å². The van der Waals surface area contributed by atoms with Crippen LogP contribution in [0, 0.1) is 0 Å². The molecule has 3 nitrogen and oxygen atoms in total. The van der Waals surface area contributed by atoms with Crippen LogP contribution in [0.15, 0.2) is 36.4 Å². The molecule has 0 radical (unpaired) electrons. The van der Waals surface area contributed by atoms with E-state index in [0.29, 0.717) is 23.2 Å². The maximum atomic E-state index is 6.45. The normalized spacial score (nSPS) is 11.2. The largest absolute Gasteiger partial charge is 0.494 e. The number of aromatic nitrogens is 1. The minimum absolute atomic E-state index is 0.644. The Morgan fingerprint density at radius 1 is 1.08 bits per heavy atom. The highest BCUT2D eigenvalue weighted by Gasteiger charge is 2.16. The van der Waals surface area contributed by atoms with Gasteiger partial charge in [0.2, 0.25) is 0 Å². The third-order valence-corrected chi connectivity index (χ3v) is 4.83. The lowest BCUT2D eigenvalue weighted by atomic mass is 10.00. The van der Waals surface area contributed by atoms with Crippen molar-refractivity contribution in [1.29, 1.82) is 0 Å². The van der Waals surface area contributed by atoms with Crippen LogP contribution in [0.4, 0.5) is 0 Å². The van der Waals surface area contributed by atoms with E-state index in [9.17, 15) is 0 Å². The third kappa shape index (κ3) is 3.95. The van der Waals surface area contributed by atoms with E-state index in [0.717, 1.165) is 47.2 Å². The van der Waals surface area contributed by atoms with Crippen LogP contribution in [0.25, 0.3) is 22.2 Å². The first-order valence-corrected chi connectivity index (χ1v) is 9.32. The van der Waals surface area contributed by atoms with E-state index in [-0.39, 0.29) is 0 Å². The fourth-order valence-electron chi connectivity index (χ4n) is 3.11. The van der Waals surface area contributed by atoms with Crippen molar-refractivity contribution in [2.75, 3.05) is 13.2 Å². The van der Waals surface area contributed by atoms with Crippen LogP contribution in [0.1, 0.15) is 25.3 Å². The molecule has 0 bridgehead atoms. The molecule has 0 aliphatic heterocycles. The van der Waals surface area contributed by atoms with Crippen LogP contribution in [-0.4, -0.2) is 18.1 Å². The summed E-state index contributed by atoms with van der Waals surface area (Å²) in [4.78, 5) is 3.51. The van der Waals surface area contributed by atoms with Gasteiger partial charge in [0.1, 0.15) is 5.75 Å². The minimum Gasteiger partial charge on any atom is -0.494 e. The molecule has 25 heavy (non-hydrogen) atoms. The van der Waals surface area contributed by atoms with Gasteiger partial charge in [0, 0.05) is 26.5 Å². The molecule has 1 aromatic heterocycles. The fraction of sp³-hybridized carbons (Fsp3) is 0.300. The van der Waals surface area contributed by atoms with Gasteiger partial charge in [0.05, 0.1) is 12.3 Å². The second-order valence-electron chi connectivity index (χ2n) is 5.99. The van der Waals surface area contributed by atoms with E-state index >= 15 is 0 Å². The Morgan fingerprint density at radius 2 is 1.92 bits per heavy atom. The summed E-state index contributed by atoms with van der Waals surface area (Å²) in [5.41, 5.74) is 9.91. The zero-order valence-electron chi connectivity index (χ0n) is 14.2. The van der Waals surface area contributed by atoms with Crippen LogP contribution in [-0.2, 0) is 6.42 Å². The van der Waals surface area contributed by atoms with E-state index in [4.69, 9.17) is 33.7 Å². The number of unbranched alkanes of at least 4 members (excludes halogenated alkanes) is 1. The Balaban J connectivity index is 2.15. The summed E-state index contributed by atoms with van der Waals surface area (Å²) in [6.07, 6.45) is 2.93. The Bertz CT molecular complexity index is 874. The molecule has 3 rings (SSSR count). The predicted molar refractivity (Wildman–Crippen MR) is 107 cm³/mol. The molecule has 0 saturated carbocycles. The Morgan fingerprint density at radius 3 is 2.68 bits per heavy atom. The number of fused-ring (bicyclic) bond motifs is 1.